The zero-order valence-corrected chi connectivity index (χ0v) is 12.0. The average Bonchev–Trinajstić information content (AvgIpc) is 2.53. The lowest BCUT2D eigenvalue weighted by Crippen LogP contribution is -2.04. The maximum Gasteiger partial charge on any atom is 0.129 e. The number of pyridine rings is 1. The number of hydrogen-bond acceptors (Lipinski definition) is 3. The topological polar surface area (TPSA) is 45.2 Å². The van der Waals surface area contributed by atoms with Crippen molar-refractivity contribution in [2.45, 2.75) is 20.1 Å². The maximum absolute atomic E-state index is 9.18. The molecule has 0 unspecified atom stereocenters. The second-order valence-corrected chi connectivity index (χ2v) is 5.18. The van der Waals surface area contributed by atoms with Crippen molar-refractivity contribution < 1.29 is 5.11 Å². The number of fused-ring (bicyclic) bond motifs is 1. The van der Waals surface area contributed by atoms with E-state index in [2.05, 4.69) is 29.4 Å². The molecule has 0 saturated heterocycles. The number of hydrogen-bond donors (Lipinski definition) is 2. The van der Waals surface area contributed by atoms with E-state index in [1.54, 1.807) is 0 Å². The van der Waals surface area contributed by atoms with Gasteiger partial charge in [0.1, 0.15) is 5.82 Å². The standard InChI is InChI=1S/C18H18N2O/c1-13-9-16-7-2-3-8-17(16)20-18(13)19-11-14-5-4-6-15(10-14)12-21/h2-10,21H,11-12H2,1H3,(H,19,20). The highest BCUT2D eigenvalue weighted by Crippen LogP contribution is 2.20. The average molecular weight is 278 g/mol. The second kappa shape index (κ2) is 5.94. The van der Waals surface area contributed by atoms with E-state index in [1.807, 2.05) is 42.5 Å². The Morgan fingerprint density at radius 2 is 1.81 bits per heavy atom. The lowest BCUT2D eigenvalue weighted by atomic mass is 10.1. The Morgan fingerprint density at radius 1 is 1.00 bits per heavy atom. The van der Waals surface area contributed by atoms with Crippen LogP contribution in [-0.2, 0) is 13.2 Å². The lowest BCUT2D eigenvalue weighted by molar-refractivity contribution is 0.281. The molecule has 0 aliphatic heterocycles. The molecule has 2 aromatic carbocycles. The van der Waals surface area contributed by atoms with E-state index in [0.29, 0.717) is 6.54 Å². The summed E-state index contributed by atoms with van der Waals surface area (Å²) >= 11 is 0. The summed E-state index contributed by atoms with van der Waals surface area (Å²) in [5.41, 5.74) is 4.19. The second-order valence-electron chi connectivity index (χ2n) is 5.18. The molecule has 1 aromatic heterocycles. The largest absolute Gasteiger partial charge is 0.392 e. The van der Waals surface area contributed by atoms with Gasteiger partial charge in [-0.05, 0) is 35.7 Å². The predicted molar refractivity (Wildman–Crippen MR) is 86.2 cm³/mol. The third-order valence-electron chi connectivity index (χ3n) is 3.55. The van der Waals surface area contributed by atoms with Crippen molar-refractivity contribution in [1.82, 2.24) is 4.98 Å². The van der Waals surface area contributed by atoms with Crippen LogP contribution in [-0.4, -0.2) is 10.1 Å². The first-order valence-electron chi connectivity index (χ1n) is 7.05. The van der Waals surface area contributed by atoms with Crippen LogP contribution in [0.2, 0.25) is 0 Å². The molecule has 0 atom stereocenters. The monoisotopic (exact) mass is 278 g/mol. The Morgan fingerprint density at radius 3 is 2.67 bits per heavy atom. The summed E-state index contributed by atoms with van der Waals surface area (Å²) < 4.78 is 0. The molecular weight excluding hydrogens is 260 g/mol. The summed E-state index contributed by atoms with van der Waals surface area (Å²) in [5.74, 6) is 0.906. The first-order valence-corrected chi connectivity index (χ1v) is 7.05. The van der Waals surface area contributed by atoms with Crippen molar-refractivity contribution in [1.29, 1.82) is 0 Å². The summed E-state index contributed by atoms with van der Waals surface area (Å²) in [6.07, 6.45) is 0. The fourth-order valence-electron chi connectivity index (χ4n) is 2.42. The molecule has 0 amide bonds. The lowest BCUT2D eigenvalue weighted by Gasteiger charge is -2.10. The number of nitrogens with one attached hydrogen (secondary N) is 1. The van der Waals surface area contributed by atoms with E-state index >= 15 is 0 Å². The van der Waals surface area contributed by atoms with Gasteiger partial charge >= 0.3 is 0 Å². The Kier molecular flexibility index (Phi) is 3.84. The zero-order chi connectivity index (χ0) is 14.7. The molecule has 3 nitrogen and oxygen atoms in total. The van der Waals surface area contributed by atoms with Gasteiger partial charge in [-0.2, -0.15) is 0 Å². The fraction of sp³-hybridized carbons (Fsp3) is 0.167. The summed E-state index contributed by atoms with van der Waals surface area (Å²) in [5, 5.41) is 13.7. The van der Waals surface area contributed by atoms with Crippen molar-refractivity contribution in [3.63, 3.8) is 0 Å². The normalized spacial score (nSPS) is 10.8. The first-order chi connectivity index (χ1) is 10.3. The Labute approximate surface area is 124 Å². The molecule has 1 heterocycles. The van der Waals surface area contributed by atoms with Crippen molar-refractivity contribution in [3.05, 3.63) is 71.3 Å². The molecule has 0 bridgehead atoms. The number of para-hydroxylation sites is 1. The number of anilines is 1. The van der Waals surface area contributed by atoms with Gasteiger partial charge in [-0.25, -0.2) is 4.98 Å². The van der Waals surface area contributed by atoms with Crippen LogP contribution >= 0.6 is 0 Å². The van der Waals surface area contributed by atoms with Crippen LogP contribution in [0.4, 0.5) is 5.82 Å². The molecule has 0 saturated carbocycles. The summed E-state index contributed by atoms with van der Waals surface area (Å²) in [7, 11) is 0. The van der Waals surface area contributed by atoms with Crippen LogP contribution in [0.5, 0.6) is 0 Å². The number of aliphatic hydroxyl groups is 1. The quantitative estimate of drug-likeness (QED) is 0.765. The van der Waals surface area contributed by atoms with Crippen LogP contribution < -0.4 is 5.32 Å². The number of aliphatic hydroxyl groups excluding tert-OH is 1. The molecule has 3 aromatic rings. The highest BCUT2D eigenvalue weighted by atomic mass is 16.3. The van der Waals surface area contributed by atoms with E-state index < -0.39 is 0 Å². The van der Waals surface area contributed by atoms with Crippen molar-refractivity contribution in [2.75, 3.05) is 5.32 Å². The Bertz CT molecular complexity index is 768. The number of rotatable bonds is 4. The molecule has 0 aliphatic rings. The van der Waals surface area contributed by atoms with Gasteiger partial charge in [0.25, 0.3) is 0 Å². The molecule has 3 heteroatoms. The molecule has 0 spiro atoms. The van der Waals surface area contributed by atoms with Gasteiger partial charge in [0.05, 0.1) is 12.1 Å². The number of aromatic nitrogens is 1. The van der Waals surface area contributed by atoms with E-state index in [9.17, 15) is 5.11 Å². The van der Waals surface area contributed by atoms with Gasteiger partial charge in [-0.15, -0.1) is 0 Å². The minimum Gasteiger partial charge on any atom is -0.392 e. The first kappa shape index (κ1) is 13.6. The van der Waals surface area contributed by atoms with Crippen LogP contribution in [0, 0.1) is 6.92 Å². The minimum atomic E-state index is 0.0705. The van der Waals surface area contributed by atoms with Crippen LogP contribution in [0.25, 0.3) is 10.9 Å². The molecule has 0 aliphatic carbocycles. The fourth-order valence-corrected chi connectivity index (χ4v) is 2.42. The van der Waals surface area contributed by atoms with Gasteiger partial charge in [-0.1, -0.05) is 42.5 Å². The van der Waals surface area contributed by atoms with E-state index in [-0.39, 0.29) is 6.61 Å². The predicted octanol–water partition coefficient (Wildman–Crippen LogP) is 3.65. The van der Waals surface area contributed by atoms with Crippen molar-refractivity contribution in [2.24, 2.45) is 0 Å². The van der Waals surface area contributed by atoms with E-state index in [1.165, 1.54) is 0 Å². The molecule has 2 N–H and O–H groups in total. The zero-order valence-electron chi connectivity index (χ0n) is 12.0. The highest BCUT2D eigenvalue weighted by molar-refractivity contribution is 5.81. The van der Waals surface area contributed by atoms with E-state index in [0.717, 1.165) is 33.4 Å². The molecule has 0 fully saturated rings. The Hall–Kier alpha value is -2.39. The van der Waals surface area contributed by atoms with Crippen molar-refractivity contribution in [3.8, 4) is 0 Å². The molecule has 3 rings (SSSR count). The van der Waals surface area contributed by atoms with Gasteiger partial charge in [0, 0.05) is 11.9 Å². The van der Waals surface area contributed by atoms with E-state index in [4.69, 9.17) is 0 Å². The Balaban J connectivity index is 1.82. The number of benzene rings is 2. The third-order valence-corrected chi connectivity index (χ3v) is 3.55. The van der Waals surface area contributed by atoms with Crippen LogP contribution in [0.15, 0.2) is 54.6 Å². The van der Waals surface area contributed by atoms with Crippen LogP contribution in [0.3, 0.4) is 0 Å². The molecule has 0 radical (unpaired) electrons. The summed E-state index contributed by atoms with van der Waals surface area (Å²) in [6, 6.07) is 18.2. The smallest absolute Gasteiger partial charge is 0.129 e. The molecule has 106 valence electrons. The summed E-state index contributed by atoms with van der Waals surface area (Å²) in [6.45, 7) is 2.83. The van der Waals surface area contributed by atoms with Gasteiger partial charge in [-0.3, -0.25) is 0 Å². The van der Waals surface area contributed by atoms with Gasteiger partial charge < -0.3 is 10.4 Å². The number of aryl methyl sites for hydroxylation is 1. The summed E-state index contributed by atoms with van der Waals surface area (Å²) in [4.78, 5) is 4.67. The maximum atomic E-state index is 9.18. The SMILES string of the molecule is Cc1cc2ccccc2nc1NCc1cccc(CO)c1. The minimum absolute atomic E-state index is 0.0705. The van der Waals surface area contributed by atoms with Crippen LogP contribution in [0.1, 0.15) is 16.7 Å². The number of nitrogens with zero attached hydrogens (tertiary/aromatic N) is 1. The molecule has 21 heavy (non-hydrogen) atoms. The third kappa shape index (κ3) is 3.03. The van der Waals surface area contributed by atoms with Crippen molar-refractivity contribution >= 4 is 16.7 Å². The highest BCUT2D eigenvalue weighted by Gasteiger charge is 2.03. The van der Waals surface area contributed by atoms with Gasteiger partial charge in [0.2, 0.25) is 0 Å². The molecular formula is C18H18N2O. The van der Waals surface area contributed by atoms with Gasteiger partial charge in [0.15, 0.2) is 0 Å².